The Labute approximate surface area is 129 Å². The van der Waals surface area contributed by atoms with Gasteiger partial charge in [0.15, 0.2) is 11.5 Å². The maximum absolute atomic E-state index is 5.75. The molecule has 0 saturated heterocycles. The normalized spacial score (nSPS) is 16.0. The van der Waals surface area contributed by atoms with Crippen LogP contribution < -0.4 is 14.8 Å². The van der Waals surface area contributed by atoms with Crippen LogP contribution in [0.2, 0.25) is 0 Å². The first kappa shape index (κ1) is 16.2. The van der Waals surface area contributed by atoms with Crippen molar-refractivity contribution in [3.8, 4) is 11.5 Å². The summed E-state index contributed by atoms with van der Waals surface area (Å²) in [6.45, 7) is 8.35. The van der Waals surface area contributed by atoms with Crippen molar-refractivity contribution in [1.82, 2.24) is 5.32 Å². The van der Waals surface area contributed by atoms with Crippen molar-refractivity contribution in [3.05, 3.63) is 23.8 Å². The van der Waals surface area contributed by atoms with Crippen molar-refractivity contribution in [2.45, 2.75) is 59.1 Å². The fraction of sp³-hybridized carbons (Fsp3) is 0.667. The van der Waals surface area contributed by atoms with E-state index in [2.05, 4.69) is 24.4 Å². The summed E-state index contributed by atoms with van der Waals surface area (Å²) >= 11 is 0. The van der Waals surface area contributed by atoms with Crippen molar-refractivity contribution in [2.24, 2.45) is 5.41 Å². The van der Waals surface area contributed by atoms with Gasteiger partial charge in [-0.15, -0.1) is 0 Å². The summed E-state index contributed by atoms with van der Waals surface area (Å²) in [7, 11) is 1.69. The molecular weight excluding hydrogens is 262 g/mol. The maximum Gasteiger partial charge on any atom is 0.161 e. The second-order valence-corrected chi connectivity index (χ2v) is 6.51. The number of rotatable bonds is 9. The molecular formula is C18H29NO2. The minimum atomic E-state index is 0.159. The van der Waals surface area contributed by atoms with Crippen LogP contribution in [-0.4, -0.2) is 19.8 Å². The molecule has 118 valence electrons. The van der Waals surface area contributed by atoms with Gasteiger partial charge >= 0.3 is 0 Å². The molecule has 3 nitrogen and oxygen atoms in total. The van der Waals surface area contributed by atoms with E-state index in [0.29, 0.717) is 5.41 Å². The Hall–Kier alpha value is -1.22. The van der Waals surface area contributed by atoms with Crippen LogP contribution in [-0.2, 0) is 6.54 Å². The number of benzene rings is 1. The first-order chi connectivity index (χ1) is 10.1. The molecule has 1 aliphatic carbocycles. The van der Waals surface area contributed by atoms with Crippen molar-refractivity contribution < 1.29 is 9.47 Å². The Bertz CT molecular complexity index is 453. The minimum Gasteiger partial charge on any atom is -0.493 e. The molecule has 0 aliphatic heterocycles. The van der Waals surface area contributed by atoms with E-state index in [9.17, 15) is 0 Å². The van der Waals surface area contributed by atoms with Gasteiger partial charge in [0.2, 0.25) is 0 Å². The fourth-order valence-electron chi connectivity index (χ4n) is 2.87. The molecule has 0 radical (unpaired) electrons. The van der Waals surface area contributed by atoms with Gasteiger partial charge in [0, 0.05) is 13.1 Å². The van der Waals surface area contributed by atoms with E-state index in [1.54, 1.807) is 7.11 Å². The molecule has 1 N–H and O–H groups in total. The summed E-state index contributed by atoms with van der Waals surface area (Å²) in [5.74, 6) is 1.64. The van der Waals surface area contributed by atoms with Crippen molar-refractivity contribution in [3.63, 3.8) is 0 Å². The van der Waals surface area contributed by atoms with Gasteiger partial charge in [-0.05, 0) is 56.2 Å². The quantitative estimate of drug-likeness (QED) is 0.741. The van der Waals surface area contributed by atoms with Crippen LogP contribution in [0.3, 0.4) is 0 Å². The summed E-state index contributed by atoms with van der Waals surface area (Å²) < 4.78 is 11.2. The summed E-state index contributed by atoms with van der Waals surface area (Å²) in [6, 6.07) is 6.20. The summed E-state index contributed by atoms with van der Waals surface area (Å²) in [6.07, 6.45) is 5.57. The SMILES string of the molecule is CCCC1(CNCc2ccc(OC(C)C)c(OC)c2)CC1. The topological polar surface area (TPSA) is 30.5 Å². The molecule has 0 amide bonds. The highest BCUT2D eigenvalue weighted by Crippen LogP contribution is 2.48. The lowest BCUT2D eigenvalue weighted by Crippen LogP contribution is -2.23. The fourth-order valence-corrected chi connectivity index (χ4v) is 2.87. The van der Waals surface area contributed by atoms with Gasteiger partial charge in [-0.3, -0.25) is 0 Å². The average molecular weight is 291 g/mol. The molecule has 0 atom stereocenters. The highest BCUT2D eigenvalue weighted by Gasteiger charge is 2.40. The molecule has 3 heteroatoms. The van der Waals surface area contributed by atoms with Gasteiger partial charge in [-0.2, -0.15) is 0 Å². The zero-order chi connectivity index (χ0) is 15.3. The maximum atomic E-state index is 5.75. The molecule has 0 unspecified atom stereocenters. The zero-order valence-corrected chi connectivity index (χ0v) is 13.9. The predicted octanol–water partition coefficient (Wildman–Crippen LogP) is 4.15. The van der Waals surface area contributed by atoms with E-state index in [1.807, 2.05) is 19.9 Å². The van der Waals surface area contributed by atoms with Gasteiger partial charge in [0.05, 0.1) is 13.2 Å². The van der Waals surface area contributed by atoms with Crippen LogP contribution in [0.25, 0.3) is 0 Å². The molecule has 0 spiro atoms. The molecule has 1 aliphatic rings. The Morgan fingerprint density at radius 2 is 2.00 bits per heavy atom. The molecule has 1 aromatic carbocycles. The number of methoxy groups -OCH3 is 1. The second kappa shape index (κ2) is 7.17. The largest absolute Gasteiger partial charge is 0.493 e. The first-order valence-electron chi connectivity index (χ1n) is 8.13. The van der Waals surface area contributed by atoms with Crippen LogP contribution in [0, 0.1) is 5.41 Å². The summed E-state index contributed by atoms with van der Waals surface area (Å²) in [5.41, 5.74) is 1.84. The third kappa shape index (κ3) is 4.63. The number of hydrogen-bond acceptors (Lipinski definition) is 3. The summed E-state index contributed by atoms with van der Waals surface area (Å²) in [4.78, 5) is 0. The lowest BCUT2D eigenvalue weighted by molar-refractivity contribution is 0.230. The van der Waals surface area contributed by atoms with Gasteiger partial charge in [-0.25, -0.2) is 0 Å². The molecule has 1 fully saturated rings. The molecule has 0 aromatic heterocycles. The Morgan fingerprint density at radius 3 is 2.57 bits per heavy atom. The molecule has 1 aromatic rings. The first-order valence-corrected chi connectivity index (χ1v) is 8.13. The van der Waals surface area contributed by atoms with E-state index in [1.165, 1.54) is 31.2 Å². The van der Waals surface area contributed by atoms with Crippen LogP contribution in [0.1, 0.15) is 52.0 Å². The number of nitrogens with one attached hydrogen (secondary N) is 1. The molecule has 21 heavy (non-hydrogen) atoms. The minimum absolute atomic E-state index is 0.159. The second-order valence-electron chi connectivity index (χ2n) is 6.51. The van der Waals surface area contributed by atoms with Crippen molar-refractivity contribution in [2.75, 3.05) is 13.7 Å². The Kier molecular flexibility index (Phi) is 5.51. The van der Waals surface area contributed by atoms with E-state index >= 15 is 0 Å². The zero-order valence-electron chi connectivity index (χ0n) is 13.9. The number of ether oxygens (including phenoxy) is 2. The standard InChI is InChI=1S/C18H29NO2/c1-5-8-18(9-10-18)13-19-12-15-6-7-16(21-14(2)3)17(11-15)20-4/h6-7,11,14,19H,5,8-10,12-13H2,1-4H3. The van der Waals surface area contributed by atoms with Gasteiger partial charge in [-0.1, -0.05) is 19.4 Å². The molecule has 0 heterocycles. The van der Waals surface area contributed by atoms with E-state index in [0.717, 1.165) is 24.6 Å². The lowest BCUT2D eigenvalue weighted by Gasteiger charge is -2.17. The third-order valence-corrected chi connectivity index (χ3v) is 4.16. The summed E-state index contributed by atoms with van der Waals surface area (Å²) in [5, 5.41) is 3.60. The smallest absolute Gasteiger partial charge is 0.161 e. The highest BCUT2D eigenvalue weighted by atomic mass is 16.5. The van der Waals surface area contributed by atoms with Gasteiger partial charge in [0.25, 0.3) is 0 Å². The molecule has 0 bridgehead atoms. The van der Waals surface area contributed by atoms with E-state index < -0.39 is 0 Å². The molecule has 2 rings (SSSR count). The highest BCUT2D eigenvalue weighted by molar-refractivity contribution is 5.43. The van der Waals surface area contributed by atoms with E-state index in [-0.39, 0.29) is 6.10 Å². The van der Waals surface area contributed by atoms with Crippen LogP contribution in [0.5, 0.6) is 11.5 Å². The monoisotopic (exact) mass is 291 g/mol. The van der Waals surface area contributed by atoms with Gasteiger partial charge in [0.1, 0.15) is 0 Å². The van der Waals surface area contributed by atoms with Crippen LogP contribution in [0.15, 0.2) is 18.2 Å². The van der Waals surface area contributed by atoms with Gasteiger partial charge < -0.3 is 14.8 Å². The Balaban J connectivity index is 1.89. The average Bonchev–Trinajstić information content (AvgIpc) is 3.20. The number of hydrogen-bond donors (Lipinski definition) is 1. The van der Waals surface area contributed by atoms with Crippen LogP contribution >= 0.6 is 0 Å². The van der Waals surface area contributed by atoms with Crippen molar-refractivity contribution in [1.29, 1.82) is 0 Å². The van der Waals surface area contributed by atoms with Crippen LogP contribution in [0.4, 0.5) is 0 Å². The van der Waals surface area contributed by atoms with E-state index in [4.69, 9.17) is 9.47 Å². The van der Waals surface area contributed by atoms with Crippen molar-refractivity contribution >= 4 is 0 Å². The molecule has 1 saturated carbocycles. The predicted molar refractivity (Wildman–Crippen MR) is 87.0 cm³/mol. The third-order valence-electron chi connectivity index (χ3n) is 4.16. The Morgan fingerprint density at radius 1 is 1.24 bits per heavy atom. The lowest BCUT2D eigenvalue weighted by atomic mass is 10.0.